The predicted octanol–water partition coefficient (Wildman–Crippen LogP) is 1.05. The van der Waals surface area contributed by atoms with E-state index in [1.54, 1.807) is 7.05 Å². The normalized spacial score (nSPS) is 20.0. The van der Waals surface area contributed by atoms with Gasteiger partial charge in [-0.25, -0.2) is 12.7 Å². The molecule has 0 amide bonds. The van der Waals surface area contributed by atoms with Gasteiger partial charge < -0.3 is 4.52 Å². The van der Waals surface area contributed by atoms with Crippen molar-refractivity contribution in [1.82, 2.24) is 19.3 Å². The predicted molar refractivity (Wildman–Crippen MR) is 79.3 cm³/mol. The van der Waals surface area contributed by atoms with Gasteiger partial charge in [0, 0.05) is 32.6 Å². The maximum absolute atomic E-state index is 11.6. The third-order valence-electron chi connectivity index (χ3n) is 4.24. The average molecular weight is 316 g/mol. The lowest BCUT2D eigenvalue weighted by Crippen LogP contribution is -2.45. The van der Waals surface area contributed by atoms with Gasteiger partial charge in [0.25, 0.3) is 0 Å². The van der Waals surface area contributed by atoms with Gasteiger partial charge in [0.1, 0.15) is 0 Å². The van der Waals surface area contributed by atoms with Crippen LogP contribution in [-0.2, 0) is 16.4 Å². The first-order valence-corrected chi connectivity index (χ1v) is 9.17. The molecule has 1 aliphatic heterocycles. The first-order chi connectivity index (χ1) is 9.82. The highest BCUT2D eigenvalue weighted by atomic mass is 32.2. The fourth-order valence-corrected chi connectivity index (χ4v) is 3.40. The molecule has 1 saturated heterocycles. The third kappa shape index (κ3) is 3.81. The number of hydrogen-bond donors (Lipinski definition) is 0. The molecule has 0 aromatic carbocycles. The summed E-state index contributed by atoms with van der Waals surface area (Å²) in [5.41, 5.74) is 0. The molecule has 7 nitrogen and oxygen atoms in total. The summed E-state index contributed by atoms with van der Waals surface area (Å²) in [5.74, 6) is 1.37. The lowest BCUT2D eigenvalue weighted by Gasteiger charge is -2.37. The molecule has 0 radical (unpaired) electrons. The summed E-state index contributed by atoms with van der Waals surface area (Å²) in [6.45, 7) is 5.70. The highest BCUT2D eigenvalue weighted by molar-refractivity contribution is 7.88. The van der Waals surface area contributed by atoms with Crippen molar-refractivity contribution < 1.29 is 12.9 Å². The van der Waals surface area contributed by atoms with Crippen LogP contribution in [0.3, 0.4) is 0 Å². The Morgan fingerprint density at radius 1 is 1.43 bits per heavy atom. The molecule has 0 bridgehead atoms. The Labute approximate surface area is 126 Å². The fourth-order valence-electron chi connectivity index (χ4n) is 2.64. The summed E-state index contributed by atoms with van der Waals surface area (Å²) in [4.78, 5) is 6.63. The van der Waals surface area contributed by atoms with Gasteiger partial charge in [-0.1, -0.05) is 12.1 Å². The maximum atomic E-state index is 11.6. The SMILES string of the molecule is CCc1noc(C(C)N2CCC(N(C)S(C)(=O)=O)CC2)n1. The molecule has 0 N–H and O–H groups in total. The van der Waals surface area contributed by atoms with Crippen LogP contribution in [0.25, 0.3) is 0 Å². The molecule has 1 aliphatic rings. The van der Waals surface area contributed by atoms with Gasteiger partial charge in [-0.2, -0.15) is 4.98 Å². The molecule has 120 valence electrons. The molecule has 21 heavy (non-hydrogen) atoms. The van der Waals surface area contributed by atoms with Crippen LogP contribution in [0.2, 0.25) is 0 Å². The number of aromatic nitrogens is 2. The smallest absolute Gasteiger partial charge is 0.243 e. The molecule has 2 heterocycles. The van der Waals surface area contributed by atoms with Gasteiger partial charge in [0.15, 0.2) is 5.82 Å². The number of aryl methyl sites for hydroxylation is 1. The van der Waals surface area contributed by atoms with E-state index in [1.165, 1.54) is 10.6 Å². The van der Waals surface area contributed by atoms with Crippen molar-refractivity contribution in [1.29, 1.82) is 0 Å². The van der Waals surface area contributed by atoms with E-state index in [1.807, 2.05) is 13.8 Å². The molecule has 2 rings (SSSR count). The largest absolute Gasteiger partial charge is 0.338 e. The molecule has 0 saturated carbocycles. The standard InChI is InChI=1S/C13H24N4O3S/c1-5-12-14-13(20-15-12)10(2)17-8-6-11(7-9-17)16(3)21(4,18)19/h10-11H,5-9H2,1-4H3. The topological polar surface area (TPSA) is 79.5 Å². The minimum absolute atomic E-state index is 0.0716. The van der Waals surface area contributed by atoms with E-state index in [4.69, 9.17) is 4.52 Å². The Balaban J connectivity index is 1.94. The Hall–Kier alpha value is -0.990. The fraction of sp³-hybridized carbons (Fsp3) is 0.846. The van der Waals surface area contributed by atoms with Gasteiger partial charge >= 0.3 is 0 Å². The number of piperidine rings is 1. The number of nitrogens with zero attached hydrogens (tertiary/aromatic N) is 4. The van der Waals surface area contributed by atoms with E-state index in [-0.39, 0.29) is 12.1 Å². The van der Waals surface area contributed by atoms with Crippen LogP contribution in [0.15, 0.2) is 4.52 Å². The first kappa shape index (κ1) is 16.4. The number of rotatable bonds is 5. The van der Waals surface area contributed by atoms with E-state index in [9.17, 15) is 8.42 Å². The second-order valence-electron chi connectivity index (χ2n) is 5.62. The zero-order chi connectivity index (χ0) is 15.6. The highest BCUT2D eigenvalue weighted by Crippen LogP contribution is 2.25. The molecule has 0 aliphatic carbocycles. The first-order valence-electron chi connectivity index (χ1n) is 7.32. The van der Waals surface area contributed by atoms with Crippen molar-refractivity contribution in [3.8, 4) is 0 Å². The van der Waals surface area contributed by atoms with Crippen LogP contribution >= 0.6 is 0 Å². The molecular weight excluding hydrogens is 292 g/mol. The van der Waals surface area contributed by atoms with E-state index < -0.39 is 10.0 Å². The minimum Gasteiger partial charge on any atom is -0.338 e. The van der Waals surface area contributed by atoms with Crippen molar-refractivity contribution >= 4 is 10.0 Å². The highest BCUT2D eigenvalue weighted by Gasteiger charge is 2.30. The van der Waals surface area contributed by atoms with Gasteiger partial charge in [-0.15, -0.1) is 0 Å². The number of sulfonamides is 1. The molecular formula is C13H24N4O3S. The van der Waals surface area contributed by atoms with Gasteiger partial charge in [-0.05, 0) is 19.8 Å². The van der Waals surface area contributed by atoms with Crippen molar-refractivity contribution in [2.45, 2.75) is 45.2 Å². The molecule has 0 spiro atoms. The van der Waals surface area contributed by atoms with E-state index in [0.29, 0.717) is 5.89 Å². The van der Waals surface area contributed by atoms with E-state index in [2.05, 4.69) is 15.0 Å². The Morgan fingerprint density at radius 3 is 2.52 bits per heavy atom. The monoisotopic (exact) mass is 316 g/mol. The second kappa shape index (κ2) is 6.41. The van der Waals surface area contributed by atoms with Crippen LogP contribution in [0.4, 0.5) is 0 Å². The summed E-state index contributed by atoms with van der Waals surface area (Å²) < 4.78 is 29.9. The Morgan fingerprint density at radius 2 is 2.05 bits per heavy atom. The van der Waals surface area contributed by atoms with E-state index >= 15 is 0 Å². The molecule has 1 aromatic heterocycles. The minimum atomic E-state index is -3.12. The lowest BCUT2D eigenvalue weighted by atomic mass is 10.0. The average Bonchev–Trinajstić information content (AvgIpc) is 2.94. The zero-order valence-corrected chi connectivity index (χ0v) is 13.9. The summed E-state index contributed by atoms with van der Waals surface area (Å²) in [6, 6.07) is 0.152. The van der Waals surface area contributed by atoms with Crippen LogP contribution in [-0.4, -0.2) is 60.2 Å². The van der Waals surface area contributed by atoms with E-state index in [0.717, 1.165) is 38.2 Å². The molecule has 1 unspecified atom stereocenters. The molecule has 1 aromatic rings. The number of hydrogen-bond acceptors (Lipinski definition) is 6. The van der Waals surface area contributed by atoms with Crippen molar-refractivity contribution in [2.75, 3.05) is 26.4 Å². The third-order valence-corrected chi connectivity index (χ3v) is 5.59. The van der Waals surface area contributed by atoms with Crippen LogP contribution in [0.1, 0.15) is 44.4 Å². The van der Waals surface area contributed by atoms with Crippen LogP contribution in [0.5, 0.6) is 0 Å². The van der Waals surface area contributed by atoms with Crippen molar-refractivity contribution in [2.24, 2.45) is 0 Å². The maximum Gasteiger partial charge on any atom is 0.243 e. The van der Waals surface area contributed by atoms with Gasteiger partial charge in [-0.3, -0.25) is 4.90 Å². The lowest BCUT2D eigenvalue weighted by molar-refractivity contribution is 0.114. The molecule has 8 heteroatoms. The Kier molecular flexibility index (Phi) is 5.00. The van der Waals surface area contributed by atoms with Gasteiger partial charge in [0.05, 0.1) is 12.3 Å². The summed E-state index contributed by atoms with van der Waals surface area (Å²) in [7, 11) is -1.46. The molecule has 1 atom stereocenters. The Bertz CT molecular complexity index is 564. The second-order valence-corrected chi connectivity index (χ2v) is 7.67. The quantitative estimate of drug-likeness (QED) is 0.808. The van der Waals surface area contributed by atoms with Crippen molar-refractivity contribution in [3.63, 3.8) is 0 Å². The van der Waals surface area contributed by atoms with Crippen molar-refractivity contribution in [3.05, 3.63) is 11.7 Å². The van der Waals surface area contributed by atoms with Crippen LogP contribution < -0.4 is 0 Å². The van der Waals surface area contributed by atoms with Gasteiger partial charge in [0.2, 0.25) is 15.9 Å². The number of likely N-dealkylation sites (tertiary alicyclic amines) is 1. The zero-order valence-electron chi connectivity index (χ0n) is 13.1. The summed E-state index contributed by atoms with van der Waals surface area (Å²) >= 11 is 0. The summed E-state index contributed by atoms with van der Waals surface area (Å²) in [6.07, 6.45) is 3.66. The van der Waals surface area contributed by atoms with Crippen LogP contribution in [0, 0.1) is 0 Å². The molecule has 1 fully saturated rings. The summed E-state index contributed by atoms with van der Waals surface area (Å²) in [5, 5.41) is 3.93.